The van der Waals surface area contributed by atoms with Crippen LogP contribution in [0, 0.1) is 5.92 Å². The molecule has 2 rings (SSSR count). The standard InChI is InChI=1S/C18H38N6.HI/c1-5-23-8-6-7-16(23)13-20-18(19)21-14-17(15(2)3)24-11-9-22(4)10-12-24;/h15-17H,5-14H2,1-4H3,(H3,19,20,21);1H. The number of nitrogens with zero attached hydrogens (tertiary/aromatic N) is 4. The highest BCUT2D eigenvalue weighted by Gasteiger charge is 2.25. The highest BCUT2D eigenvalue weighted by Crippen LogP contribution is 2.16. The Morgan fingerprint density at radius 1 is 1.20 bits per heavy atom. The van der Waals surface area contributed by atoms with Gasteiger partial charge in [0.2, 0.25) is 0 Å². The number of nitrogens with one attached hydrogen (secondary N) is 1. The SMILES string of the molecule is CCN1CCCC1CNC(N)=NCC(C(C)C)N1CCN(C)CC1.I. The van der Waals surface area contributed by atoms with Crippen LogP contribution in [0.15, 0.2) is 4.99 Å². The van der Waals surface area contributed by atoms with Gasteiger partial charge in [0, 0.05) is 44.8 Å². The molecule has 2 saturated heterocycles. The molecule has 0 aromatic rings. The van der Waals surface area contributed by atoms with Gasteiger partial charge in [-0.1, -0.05) is 20.8 Å². The second kappa shape index (κ2) is 11.6. The van der Waals surface area contributed by atoms with Gasteiger partial charge in [0.15, 0.2) is 5.96 Å². The number of piperazine rings is 1. The molecule has 6 nitrogen and oxygen atoms in total. The molecule has 0 aliphatic carbocycles. The van der Waals surface area contributed by atoms with Crippen LogP contribution in [-0.2, 0) is 0 Å². The van der Waals surface area contributed by atoms with Crippen molar-refractivity contribution >= 4 is 29.9 Å². The Hall–Kier alpha value is -0.120. The van der Waals surface area contributed by atoms with Gasteiger partial charge in [-0.2, -0.15) is 0 Å². The summed E-state index contributed by atoms with van der Waals surface area (Å²) in [4.78, 5) is 12.2. The maximum Gasteiger partial charge on any atom is 0.188 e. The average molecular weight is 466 g/mol. The van der Waals surface area contributed by atoms with Gasteiger partial charge in [0.1, 0.15) is 0 Å². The number of likely N-dealkylation sites (N-methyl/N-ethyl adjacent to an activating group) is 2. The van der Waals surface area contributed by atoms with Gasteiger partial charge in [0.05, 0.1) is 6.54 Å². The number of hydrogen-bond acceptors (Lipinski definition) is 4. The van der Waals surface area contributed by atoms with Crippen molar-refractivity contribution in [3.05, 3.63) is 0 Å². The van der Waals surface area contributed by atoms with E-state index in [1.54, 1.807) is 0 Å². The fourth-order valence-electron chi connectivity index (χ4n) is 3.91. The van der Waals surface area contributed by atoms with E-state index in [2.05, 4.69) is 52.8 Å². The van der Waals surface area contributed by atoms with E-state index >= 15 is 0 Å². The maximum absolute atomic E-state index is 6.13. The van der Waals surface area contributed by atoms with Crippen molar-refractivity contribution in [1.82, 2.24) is 20.0 Å². The monoisotopic (exact) mass is 466 g/mol. The minimum atomic E-state index is 0. The molecule has 2 fully saturated rings. The minimum absolute atomic E-state index is 0. The van der Waals surface area contributed by atoms with E-state index < -0.39 is 0 Å². The Balaban J connectivity index is 0.00000312. The second-order valence-corrected chi connectivity index (χ2v) is 7.68. The highest BCUT2D eigenvalue weighted by molar-refractivity contribution is 14.0. The van der Waals surface area contributed by atoms with Crippen LogP contribution >= 0.6 is 24.0 Å². The summed E-state index contributed by atoms with van der Waals surface area (Å²) in [5.74, 6) is 1.20. The lowest BCUT2D eigenvalue weighted by molar-refractivity contribution is 0.0925. The lowest BCUT2D eigenvalue weighted by Crippen LogP contribution is -2.52. The molecule has 3 N–H and O–H groups in total. The molecule has 0 saturated carbocycles. The van der Waals surface area contributed by atoms with E-state index in [9.17, 15) is 0 Å². The molecule has 2 aliphatic rings. The predicted octanol–water partition coefficient (Wildman–Crippen LogP) is 1.27. The average Bonchev–Trinajstić information content (AvgIpc) is 3.02. The van der Waals surface area contributed by atoms with Gasteiger partial charge in [-0.25, -0.2) is 0 Å². The van der Waals surface area contributed by atoms with Gasteiger partial charge in [0.25, 0.3) is 0 Å². The van der Waals surface area contributed by atoms with E-state index in [0.717, 1.165) is 45.8 Å². The smallest absolute Gasteiger partial charge is 0.188 e. The normalized spacial score (nSPS) is 25.2. The maximum atomic E-state index is 6.13. The number of nitrogens with two attached hydrogens (primary N) is 1. The van der Waals surface area contributed by atoms with Crippen molar-refractivity contribution in [2.75, 3.05) is 59.4 Å². The van der Waals surface area contributed by atoms with Gasteiger partial charge >= 0.3 is 0 Å². The van der Waals surface area contributed by atoms with E-state index in [-0.39, 0.29) is 24.0 Å². The van der Waals surface area contributed by atoms with Crippen LogP contribution in [0.3, 0.4) is 0 Å². The molecule has 2 heterocycles. The van der Waals surface area contributed by atoms with Crippen molar-refractivity contribution in [2.45, 2.75) is 45.7 Å². The summed E-state index contributed by atoms with van der Waals surface area (Å²) < 4.78 is 0. The van der Waals surface area contributed by atoms with Gasteiger partial charge in [-0.15, -0.1) is 24.0 Å². The summed E-state index contributed by atoms with van der Waals surface area (Å²) in [6.07, 6.45) is 2.57. The Kier molecular flexibility index (Phi) is 10.6. The van der Waals surface area contributed by atoms with Gasteiger partial charge in [-0.05, 0) is 38.9 Å². The summed E-state index contributed by atoms with van der Waals surface area (Å²) in [6, 6.07) is 1.10. The zero-order valence-corrected chi connectivity index (χ0v) is 18.9. The van der Waals surface area contributed by atoms with Crippen molar-refractivity contribution in [3.8, 4) is 0 Å². The number of rotatable bonds is 7. The minimum Gasteiger partial charge on any atom is -0.370 e. The lowest BCUT2D eigenvalue weighted by atomic mass is 10.0. The summed E-state index contributed by atoms with van der Waals surface area (Å²) >= 11 is 0. The first-order valence-electron chi connectivity index (χ1n) is 9.71. The Labute approximate surface area is 171 Å². The third kappa shape index (κ3) is 7.19. The molecule has 2 aliphatic heterocycles. The summed E-state index contributed by atoms with van der Waals surface area (Å²) in [7, 11) is 2.20. The van der Waals surface area contributed by atoms with Crippen LogP contribution in [0.2, 0.25) is 0 Å². The van der Waals surface area contributed by atoms with Crippen molar-refractivity contribution in [2.24, 2.45) is 16.6 Å². The molecular weight excluding hydrogens is 427 g/mol. The Bertz CT molecular complexity index is 395. The van der Waals surface area contributed by atoms with Crippen molar-refractivity contribution < 1.29 is 0 Å². The zero-order valence-electron chi connectivity index (χ0n) is 16.6. The molecule has 2 unspecified atom stereocenters. The largest absolute Gasteiger partial charge is 0.370 e. The first kappa shape index (κ1) is 22.9. The van der Waals surface area contributed by atoms with Crippen LogP contribution in [0.25, 0.3) is 0 Å². The molecule has 0 aromatic carbocycles. The van der Waals surface area contributed by atoms with Gasteiger partial charge < -0.3 is 16.0 Å². The van der Waals surface area contributed by atoms with Crippen LogP contribution in [0.4, 0.5) is 0 Å². The molecule has 148 valence electrons. The third-order valence-corrected chi connectivity index (χ3v) is 5.65. The second-order valence-electron chi connectivity index (χ2n) is 7.68. The molecule has 2 atom stereocenters. The Morgan fingerprint density at radius 3 is 2.48 bits per heavy atom. The molecule has 0 bridgehead atoms. The molecule has 0 radical (unpaired) electrons. The van der Waals surface area contributed by atoms with Crippen molar-refractivity contribution in [1.29, 1.82) is 0 Å². The number of likely N-dealkylation sites (tertiary alicyclic amines) is 1. The van der Waals surface area contributed by atoms with E-state index in [4.69, 9.17) is 5.73 Å². The van der Waals surface area contributed by atoms with E-state index in [0.29, 0.717) is 24.0 Å². The molecule has 25 heavy (non-hydrogen) atoms. The third-order valence-electron chi connectivity index (χ3n) is 5.65. The molecule has 0 amide bonds. The fourth-order valence-corrected chi connectivity index (χ4v) is 3.91. The number of guanidine groups is 1. The lowest BCUT2D eigenvalue weighted by Gasteiger charge is -2.39. The van der Waals surface area contributed by atoms with Crippen LogP contribution in [0.5, 0.6) is 0 Å². The van der Waals surface area contributed by atoms with E-state index in [1.807, 2.05) is 0 Å². The number of halogens is 1. The van der Waals surface area contributed by atoms with Crippen LogP contribution in [-0.4, -0.2) is 92.1 Å². The summed E-state index contributed by atoms with van der Waals surface area (Å²) in [6.45, 7) is 15.4. The quantitative estimate of drug-likeness (QED) is 0.336. The molecular formula is C18H39IN6. The Morgan fingerprint density at radius 2 is 1.88 bits per heavy atom. The highest BCUT2D eigenvalue weighted by atomic mass is 127. The summed E-state index contributed by atoms with van der Waals surface area (Å²) in [5, 5.41) is 3.35. The molecule has 0 aromatic heterocycles. The molecule has 0 spiro atoms. The fraction of sp³-hybridized carbons (Fsp3) is 0.944. The first-order valence-corrected chi connectivity index (χ1v) is 9.71. The van der Waals surface area contributed by atoms with Crippen molar-refractivity contribution in [3.63, 3.8) is 0 Å². The summed E-state index contributed by atoms with van der Waals surface area (Å²) in [5.41, 5.74) is 6.13. The first-order chi connectivity index (χ1) is 11.5. The van der Waals surface area contributed by atoms with Gasteiger partial charge in [-0.3, -0.25) is 14.8 Å². The van der Waals surface area contributed by atoms with Crippen LogP contribution < -0.4 is 11.1 Å². The zero-order chi connectivity index (χ0) is 17.5. The topological polar surface area (TPSA) is 60.1 Å². The molecule has 7 heteroatoms. The number of hydrogen-bond donors (Lipinski definition) is 2. The predicted molar refractivity (Wildman–Crippen MR) is 118 cm³/mol. The van der Waals surface area contributed by atoms with Crippen LogP contribution in [0.1, 0.15) is 33.6 Å². The number of aliphatic imine (C=N–C) groups is 1. The van der Waals surface area contributed by atoms with E-state index in [1.165, 1.54) is 19.4 Å².